The van der Waals surface area contributed by atoms with Crippen molar-refractivity contribution in [1.82, 2.24) is 5.32 Å². The van der Waals surface area contributed by atoms with Gasteiger partial charge in [-0.3, -0.25) is 0 Å². The van der Waals surface area contributed by atoms with Crippen LogP contribution < -0.4 is 5.32 Å². The molecule has 0 aliphatic rings. The van der Waals surface area contributed by atoms with Crippen molar-refractivity contribution in [2.75, 3.05) is 0 Å². The lowest BCUT2D eigenvalue weighted by atomic mass is 10.1. The second-order valence-electron chi connectivity index (χ2n) is 3.93. The van der Waals surface area contributed by atoms with Crippen LogP contribution in [-0.4, -0.2) is 0 Å². The van der Waals surface area contributed by atoms with Crippen LogP contribution in [0.5, 0.6) is 0 Å². The largest absolute Gasteiger partial charge is 0.305 e. The van der Waals surface area contributed by atoms with Crippen molar-refractivity contribution in [2.45, 2.75) is 19.5 Å². The lowest BCUT2D eigenvalue weighted by molar-refractivity contribution is 0.488. The summed E-state index contributed by atoms with van der Waals surface area (Å²) in [4.78, 5) is 1.11. The first-order chi connectivity index (χ1) is 8.59. The van der Waals surface area contributed by atoms with Crippen LogP contribution in [0.1, 0.15) is 23.4 Å². The van der Waals surface area contributed by atoms with Crippen molar-refractivity contribution < 1.29 is 8.78 Å². The number of halogens is 3. The van der Waals surface area contributed by atoms with Gasteiger partial charge in [0.05, 0.1) is 0 Å². The molecule has 0 spiro atoms. The Bertz CT molecular complexity index is 521. The van der Waals surface area contributed by atoms with Crippen LogP contribution in [0.15, 0.2) is 34.1 Å². The molecule has 0 amide bonds. The summed E-state index contributed by atoms with van der Waals surface area (Å²) < 4.78 is 28.1. The zero-order chi connectivity index (χ0) is 13.1. The average molecular weight is 332 g/mol. The van der Waals surface area contributed by atoms with E-state index in [0.29, 0.717) is 6.54 Å². The summed E-state index contributed by atoms with van der Waals surface area (Å²) in [7, 11) is 0. The number of hydrogen-bond acceptors (Lipinski definition) is 2. The summed E-state index contributed by atoms with van der Waals surface area (Å²) in [6, 6.07) is 5.50. The van der Waals surface area contributed by atoms with Gasteiger partial charge in [0.2, 0.25) is 0 Å². The Labute approximate surface area is 117 Å². The normalized spacial score (nSPS) is 12.7. The highest BCUT2D eigenvalue weighted by molar-refractivity contribution is 9.10. The highest BCUT2D eigenvalue weighted by atomic mass is 79.9. The lowest BCUT2D eigenvalue weighted by Crippen LogP contribution is -2.20. The van der Waals surface area contributed by atoms with Gasteiger partial charge in [-0.2, -0.15) is 0 Å². The van der Waals surface area contributed by atoms with Crippen LogP contribution in [0.4, 0.5) is 8.78 Å². The quantitative estimate of drug-likeness (QED) is 0.860. The number of hydrogen-bond donors (Lipinski definition) is 1. The maximum Gasteiger partial charge on any atom is 0.130 e. The average Bonchev–Trinajstić information content (AvgIpc) is 2.72. The van der Waals surface area contributed by atoms with E-state index in [9.17, 15) is 8.78 Å². The van der Waals surface area contributed by atoms with E-state index in [0.717, 1.165) is 9.35 Å². The highest BCUT2D eigenvalue weighted by Crippen LogP contribution is 2.25. The molecule has 18 heavy (non-hydrogen) atoms. The molecule has 0 saturated carbocycles. The van der Waals surface area contributed by atoms with Gasteiger partial charge in [-0.05, 0) is 46.4 Å². The molecule has 0 fully saturated rings. The van der Waals surface area contributed by atoms with E-state index < -0.39 is 11.6 Å². The van der Waals surface area contributed by atoms with Gasteiger partial charge < -0.3 is 5.32 Å². The molecule has 0 aliphatic heterocycles. The van der Waals surface area contributed by atoms with E-state index in [-0.39, 0.29) is 11.6 Å². The first-order valence-electron chi connectivity index (χ1n) is 5.48. The summed E-state index contributed by atoms with van der Waals surface area (Å²) >= 11 is 5.02. The van der Waals surface area contributed by atoms with E-state index >= 15 is 0 Å². The molecule has 2 rings (SSSR count). The molecular formula is C13H12BrF2NS. The number of nitrogens with one attached hydrogen (secondary N) is 1. The topological polar surface area (TPSA) is 12.0 Å². The highest BCUT2D eigenvalue weighted by Gasteiger charge is 2.15. The van der Waals surface area contributed by atoms with Gasteiger partial charge in [0.15, 0.2) is 0 Å². The van der Waals surface area contributed by atoms with Crippen LogP contribution >= 0.6 is 27.3 Å². The Hall–Kier alpha value is -0.780. The molecule has 5 heteroatoms. The minimum absolute atomic E-state index is 0.0881. The third kappa shape index (κ3) is 2.96. The fraction of sp³-hybridized carbons (Fsp3) is 0.231. The SMILES string of the molecule is CC(NCc1sccc1Br)c1c(F)cccc1F. The molecule has 1 unspecified atom stereocenters. The Morgan fingerprint density at radius 2 is 1.94 bits per heavy atom. The molecule has 1 nitrogen and oxygen atoms in total. The van der Waals surface area contributed by atoms with E-state index in [4.69, 9.17) is 0 Å². The summed E-state index contributed by atoms with van der Waals surface area (Å²) in [6.45, 7) is 2.33. The summed E-state index contributed by atoms with van der Waals surface area (Å²) in [5, 5.41) is 5.09. The van der Waals surface area contributed by atoms with Crippen molar-refractivity contribution in [1.29, 1.82) is 0 Å². The standard InChI is InChI=1S/C13H12BrF2NS/c1-8(13-10(15)3-2-4-11(13)16)17-7-12-9(14)5-6-18-12/h2-6,8,17H,7H2,1H3. The lowest BCUT2D eigenvalue weighted by Gasteiger charge is -2.15. The molecule has 1 heterocycles. The van der Waals surface area contributed by atoms with Gasteiger partial charge in [0.25, 0.3) is 0 Å². The molecule has 1 aromatic carbocycles. The number of thiophene rings is 1. The second kappa shape index (κ2) is 5.91. The van der Waals surface area contributed by atoms with Gasteiger partial charge in [-0.15, -0.1) is 11.3 Å². The van der Waals surface area contributed by atoms with Crippen molar-refractivity contribution in [3.05, 3.63) is 56.2 Å². The van der Waals surface area contributed by atoms with Crippen molar-refractivity contribution in [3.63, 3.8) is 0 Å². The Balaban J connectivity index is 2.08. The molecule has 0 aliphatic carbocycles. The first-order valence-corrected chi connectivity index (χ1v) is 7.16. The third-order valence-corrected chi connectivity index (χ3v) is 4.62. The fourth-order valence-corrected chi connectivity index (χ4v) is 3.17. The van der Waals surface area contributed by atoms with E-state index in [1.165, 1.54) is 18.2 Å². The third-order valence-electron chi connectivity index (χ3n) is 2.69. The van der Waals surface area contributed by atoms with E-state index in [2.05, 4.69) is 21.2 Å². The zero-order valence-electron chi connectivity index (χ0n) is 9.71. The molecule has 1 aromatic heterocycles. The molecule has 0 radical (unpaired) electrons. The van der Waals surface area contributed by atoms with Gasteiger partial charge >= 0.3 is 0 Å². The Kier molecular flexibility index (Phi) is 4.48. The van der Waals surface area contributed by atoms with Gasteiger partial charge in [-0.1, -0.05) is 6.07 Å². The molecule has 1 N–H and O–H groups in total. The van der Waals surface area contributed by atoms with Crippen LogP contribution in [-0.2, 0) is 6.54 Å². The molecule has 1 atom stereocenters. The van der Waals surface area contributed by atoms with Crippen LogP contribution in [0.3, 0.4) is 0 Å². The minimum Gasteiger partial charge on any atom is -0.305 e. The van der Waals surface area contributed by atoms with Crippen LogP contribution in [0, 0.1) is 11.6 Å². The summed E-state index contributed by atoms with van der Waals surface area (Å²) in [5.74, 6) is -1.03. The smallest absolute Gasteiger partial charge is 0.130 e. The van der Waals surface area contributed by atoms with Crippen molar-refractivity contribution >= 4 is 27.3 Å². The number of rotatable bonds is 4. The molecule has 0 bridgehead atoms. The Morgan fingerprint density at radius 3 is 2.50 bits per heavy atom. The van der Waals surface area contributed by atoms with Gasteiger partial charge in [0, 0.05) is 27.5 Å². The predicted octanol–water partition coefficient (Wildman–Crippen LogP) is 4.64. The van der Waals surface area contributed by atoms with Gasteiger partial charge in [0.1, 0.15) is 11.6 Å². The van der Waals surface area contributed by atoms with E-state index in [1.807, 2.05) is 11.4 Å². The maximum absolute atomic E-state index is 13.6. The zero-order valence-corrected chi connectivity index (χ0v) is 12.1. The maximum atomic E-state index is 13.6. The van der Waals surface area contributed by atoms with Crippen molar-refractivity contribution in [2.24, 2.45) is 0 Å². The summed E-state index contributed by atoms with van der Waals surface area (Å²) in [6.07, 6.45) is 0. The number of benzene rings is 1. The Morgan fingerprint density at radius 1 is 1.28 bits per heavy atom. The molecule has 96 valence electrons. The predicted molar refractivity (Wildman–Crippen MR) is 73.6 cm³/mol. The molecule has 0 saturated heterocycles. The monoisotopic (exact) mass is 331 g/mol. The van der Waals surface area contributed by atoms with E-state index in [1.54, 1.807) is 18.3 Å². The fourth-order valence-electron chi connectivity index (χ4n) is 1.72. The van der Waals surface area contributed by atoms with Crippen molar-refractivity contribution in [3.8, 4) is 0 Å². The minimum atomic E-state index is -0.514. The van der Waals surface area contributed by atoms with Crippen LogP contribution in [0.25, 0.3) is 0 Å². The first kappa shape index (κ1) is 13.6. The summed E-state index contributed by atoms with van der Waals surface area (Å²) in [5.41, 5.74) is 0.0881. The molecule has 2 aromatic rings. The second-order valence-corrected chi connectivity index (χ2v) is 5.78. The van der Waals surface area contributed by atoms with Gasteiger partial charge in [-0.25, -0.2) is 8.78 Å². The van der Waals surface area contributed by atoms with Crippen LogP contribution in [0.2, 0.25) is 0 Å². The molecular weight excluding hydrogens is 320 g/mol.